The maximum absolute atomic E-state index is 11.8. The van der Waals surface area contributed by atoms with E-state index in [1.807, 2.05) is 22.9 Å². The molecular formula is C28H29N5OS2. The Morgan fingerprint density at radius 1 is 0.917 bits per heavy atom. The summed E-state index contributed by atoms with van der Waals surface area (Å²) in [7, 11) is 0. The predicted octanol–water partition coefficient (Wildman–Crippen LogP) is 3.44. The quantitative estimate of drug-likeness (QED) is 0.425. The third kappa shape index (κ3) is 4.18. The molecular weight excluding hydrogens is 486 g/mol. The number of likely N-dealkylation sites (N-methyl/N-ethyl adjacent to an activating group) is 1. The number of benzene rings is 1. The summed E-state index contributed by atoms with van der Waals surface area (Å²) in [6, 6.07) is 10.3. The zero-order valence-electron chi connectivity index (χ0n) is 20.3. The van der Waals surface area contributed by atoms with Gasteiger partial charge in [0, 0.05) is 60.1 Å². The second-order valence-corrected chi connectivity index (χ2v) is 11.0. The average molecular weight is 516 g/mol. The van der Waals surface area contributed by atoms with Crippen LogP contribution >= 0.6 is 22.7 Å². The minimum Gasteiger partial charge on any atom is -0.372 e. The van der Waals surface area contributed by atoms with Crippen molar-refractivity contribution < 1.29 is 5.11 Å². The van der Waals surface area contributed by atoms with E-state index in [1.54, 1.807) is 12.4 Å². The van der Waals surface area contributed by atoms with E-state index in [2.05, 4.69) is 57.0 Å². The van der Waals surface area contributed by atoms with Crippen LogP contribution in [-0.2, 0) is 5.60 Å². The number of rotatable bonds is 6. The van der Waals surface area contributed by atoms with Gasteiger partial charge in [0.15, 0.2) is 5.60 Å². The number of thiazole rings is 2. The van der Waals surface area contributed by atoms with Crippen molar-refractivity contribution in [1.82, 2.24) is 19.9 Å². The summed E-state index contributed by atoms with van der Waals surface area (Å²) < 4.78 is 0. The number of aromatic nitrogens is 3. The lowest BCUT2D eigenvalue weighted by molar-refractivity contribution is 0.125. The molecule has 0 radical (unpaired) electrons. The molecule has 4 heterocycles. The molecule has 0 amide bonds. The molecule has 36 heavy (non-hydrogen) atoms. The molecule has 0 unspecified atom stereocenters. The van der Waals surface area contributed by atoms with Crippen LogP contribution < -0.4 is 15.3 Å². The first-order valence-corrected chi connectivity index (χ1v) is 14.2. The number of hydrogen-bond acceptors (Lipinski definition) is 8. The van der Waals surface area contributed by atoms with E-state index in [0.717, 1.165) is 68.2 Å². The number of aliphatic hydroxyl groups is 1. The summed E-state index contributed by atoms with van der Waals surface area (Å²) in [5.41, 5.74) is 1.39. The van der Waals surface area contributed by atoms with Crippen LogP contribution in [0.2, 0.25) is 0 Å². The van der Waals surface area contributed by atoms with Crippen LogP contribution in [0.5, 0.6) is 0 Å². The fourth-order valence-corrected chi connectivity index (χ4v) is 6.67. The van der Waals surface area contributed by atoms with Crippen molar-refractivity contribution in [3.05, 3.63) is 79.5 Å². The van der Waals surface area contributed by atoms with E-state index in [0.29, 0.717) is 10.0 Å². The summed E-state index contributed by atoms with van der Waals surface area (Å²) in [4.78, 5) is 19.0. The number of pyridine rings is 1. The van der Waals surface area contributed by atoms with E-state index in [9.17, 15) is 5.11 Å². The van der Waals surface area contributed by atoms with Crippen molar-refractivity contribution in [3.8, 4) is 11.3 Å². The number of fused-ring (bicyclic) bond motifs is 1. The van der Waals surface area contributed by atoms with Crippen LogP contribution in [0.4, 0.5) is 5.82 Å². The van der Waals surface area contributed by atoms with Crippen molar-refractivity contribution in [3.63, 3.8) is 0 Å². The van der Waals surface area contributed by atoms with Gasteiger partial charge in [-0.2, -0.15) is 0 Å². The van der Waals surface area contributed by atoms with E-state index in [4.69, 9.17) is 4.98 Å². The Morgan fingerprint density at radius 2 is 1.58 bits per heavy atom. The Kier molecular flexibility index (Phi) is 6.43. The Balaban J connectivity index is 1.39. The topological polar surface area (TPSA) is 65.4 Å². The Morgan fingerprint density at radius 3 is 2.19 bits per heavy atom. The van der Waals surface area contributed by atoms with E-state index in [-0.39, 0.29) is 0 Å². The lowest BCUT2D eigenvalue weighted by Crippen LogP contribution is -2.49. The molecule has 6 nitrogen and oxygen atoms in total. The molecule has 1 aromatic carbocycles. The van der Waals surface area contributed by atoms with Gasteiger partial charge < -0.3 is 14.9 Å². The molecule has 3 aromatic heterocycles. The number of nitrogens with zero attached hydrogens (tertiary/aromatic N) is 5. The molecule has 0 spiro atoms. The molecule has 2 aliphatic rings. The lowest BCUT2D eigenvalue weighted by atomic mass is 9.93. The highest BCUT2D eigenvalue weighted by Gasteiger charge is 2.39. The van der Waals surface area contributed by atoms with E-state index < -0.39 is 5.60 Å². The normalized spacial score (nSPS) is 16.3. The summed E-state index contributed by atoms with van der Waals surface area (Å²) >= 11 is 2.87. The molecule has 4 aromatic rings. The SMILES string of the molecule is CCN1CCN(c2nc(-c3ccc(C(O)(c4nccs4)c4nccs4)cc3)cc3c2=CCCC=3)CC1. The molecule has 184 valence electrons. The Labute approximate surface area is 218 Å². The maximum atomic E-state index is 11.8. The molecule has 1 N–H and O–H groups in total. The van der Waals surface area contributed by atoms with Crippen molar-refractivity contribution in [1.29, 1.82) is 0 Å². The van der Waals surface area contributed by atoms with Crippen LogP contribution in [0.15, 0.2) is 53.5 Å². The largest absolute Gasteiger partial charge is 0.372 e. The Bertz CT molecular complexity index is 1410. The summed E-state index contributed by atoms with van der Waals surface area (Å²) in [5.74, 6) is 1.10. The summed E-state index contributed by atoms with van der Waals surface area (Å²) in [6.45, 7) is 7.46. The van der Waals surface area contributed by atoms with Gasteiger partial charge in [-0.1, -0.05) is 43.3 Å². The fourth-order valence-electron chi connectivity index (χ4n) is 5.09. The van der Waals surface area contributed by atoms with Gasteiger partial charge in [0.1, 0.15) is 15.8 Å². The second-order valence-electron chi connectivity index (χ2n) is 9.20. The molecule has 0 atom stereocenters. The number of hydrogen-bond donors (Lipinski definition) is 1. The second kappa shape index (κ2) is 9.86. The average Bonchev–Trinajstić information content (AvgIpc) is 3.68. The van der Waals surface area contributed by atoms with Crippen LogP contribution in [0.25, 0.3) is 23.4 Å². The maximum Gasteiger partial charge on any atom is 0.193 e. The summed E-state index contributed by atoms with van der Waals surface area (Å²) in [5, 5.41) is 19.4. The van der Waals surface area contributed by atoms with Crippen molar-refractivity contribution in [2.24, 2.45) is 0 Å². The monoisotopic (exact) mass is 515 g/mol. The number of anilines is 1. The highest BCUT2D eigenvalue weighted by Crippen LogP contribution is 2.39. The summed E-state index contributed by atoms with van der Waals surface area (Å²) in [6.07, 6.45) is 10.3. The molecule has 1 aliphatic carbocycles. The highest BCUT2D eigenvalue weighted by molar-refractivity contribution is 7.11. The van der Waals surface area contributed by atoms with Gasteiger partial charge in [-0.15, -0.1) is 22.7 Å². The van der Waals surface area contributed by atoms with E-state index in [1.165, 1.54) is 33.1 Å². The first-order valence-electron chi connectivity index (χ1n) is 12.5. The van der Waals surface area contributed by atoms with Gasteiger partial charge >= 0.3 is 0 Å². The van der Waals surface area contributed by atoms with Gasteiger partial charge in [-0.05, 0) is 36.2 Å². The van der Waals surface area contributed by atoms with Crippen molar-refractivity contribution in [2.75, 3.05) is 37.6 Å². The number of piperazine rings is 1. The molecule has 1 saturated heterocycles. The zero-order chi connectivity index (χ0) is 24.5. The minimum atomic E-state index is -1.36. The smallest absolute Gasteiger partial charge is 0.193 e. The van der Waals surface area contributed by atoms with Crippen LogP contribution in [0.3, 0.4) is 0 Å². The van der Waals surface area contributed by atoms with E-state index >= 15 is 0 Å². The predicted molar refractivity (Wildman–Crippen MR) is 148 cm³/mol. The molecule has 8 heteroatoms. The fraction of sp³-hybridized carbons (Fsp3) is 0.321. The lowest BCUT2D eigenvalue weighted by Gasteiger charge is -2.35. The van der Waals surface area contributed by atoms with Gasteiger partial charge in [-0.25, -0.2) is 15.0 Å². The third-order valence-electron chi connectivity index (χ3n) is 7.15. The third-order valence-corrected chi connectivity index (χ3v) is 8.91. The van der Waals surface area contributed by atoms with Crippen molar-refractivity contribution >= 4 is 40.6 Å². The first kappa shape index (κ1) is 23.5. The Hall–Kier alpha value is -2.91. The minimum absolute atomic E-state index is 0.621. The van der Waals surface area contributed by atoms with Gasteiger partial charge in [-0.3, -0.25) is 0 Å². The van der Waals surface area contributed by atoms with Crippen LogP contribution in [-0.4, -0.2) is 57.7 Å². The molecule has 1 fully saturated rings. The van der Waals surface area contributed by atoms with Gasteiger partial charge in [0.05, 0.1) is 5.69 Å². The van der Waals surface area contributed by atoms with Crippen LogP contribution in [0.1, 0.15) is 35.3 Å². The highest BCUT2D eigenvalue weighted by atomic mass is 32.1. The molecule has 1 aliphatic heterocycles. The van der Waals surface area contributed by atoms with Gasteiger partial charge in [0.2, 0.25) is 0 Å². The molecule has 0 saturated carbocycles. The molecule has 0 bridgehead atoms. The van der Waals surface area contributed by atoms with Crippen LogP contribution in [0, 0.1) is 0 Å². The van der Waals surface area contributed by atoms with Gasteiger partial charge in [0.25, 0.3) is 0 Å². The first-order chi connectivity index (χ1) is 17.7. The zero-order valence-corrected chi connectivity index (χ0v) is 21.9. The van der Waals surface area contributed by atoms with Crippen molar-refractivity contribution in [2.45, 2.75) is 25.4 Å². The standard InChI is InChI=1S/C28H29N5OS2/c1-2-32-13-15-33(16-14-32)25-23-6-4-3-5-21(23)19-24(31-25)20-7-9-22(10-8-20)28(34,26-29-11-17-35-26)27-30-12-18-36-27/h5-12,17-19,34H,2-4,13-16H2,1H3. The molecule has 6 rings (SSSR count).